The summed E-state index contributed by atoms with van der Waals surface area (Å²) in [6.45, 7) is 0.660. The number of hydrogen-bond acceptors (Lipinski definition) is 3. The van der Waals surface area contributed by atoms with Gasteiger partial charge in [-0.15, -0.1) is 12.4 Å². The summed E-state index contributed by atoms with van der Waals surface area (Å²) < 4.78 is 6.19. The molecule has 2 N–H and O–H groups in total. The van der Waals surface area contributed by atoms with Gasteiger partial charge < -0.3 is 9.63 Å². The molecule has 0 unspecified atom stereocenters. The summed E-state index contributed by atoms with van der Waals surface area (Å²) in [5.74, 6) is 0.265. The largest absolute Gasteiger partial charge is 0.508 e. The Hall–Kier alpha value is -1.75. The lowest BCUT2D eigenvalue weighted by atomic mass is 10.1. The summed E-state index contributed by atoms with van der Waals surface area (Å²) in [5, 5.41) is 19.9. The highest BCUT2D eigenvalue weighted by molar-refractivity contribution is 5.85. The van der Waals surface area contributed by atoms with Gasteiger partial charge in [0.2, 0.25) is 6.20 Å². The van der Waals surface area contributed by atoms with Crippen LogP contribution in [0.3, 0.4) is 0 Å². The summed E-state index contributed by atoms with van der Waals surface area (Å²) in [6.07, 6.45) is 2.32. The van der Waals surface area contributed by atoms with Crippen LogP contribution in [0.4, 0.5) is 0 Å². The molecular weight excluding hydrogens is 230 g/mol. The Balaban J connectivity index is 0.00000128. The number of aromatic hydroxyl groups is 1. The molecule has 0 saturated carbocycles. The first-order valence-corrected chi connectivity index (χ1v) is 4.60. The first-order valence-electron chi connectivity index (χ1n) is 4.60. The molecule has 0 saturated heterocycles. The zero-order chi connectivity index (χ0) is 10.7. The minimum atomic E-state index is 0. The van der Waals surface area contributed by atoms with E-state index in [-0.39, 0.29) is 23.7 Å². The lowest BCUT2D eigenvalue weighted by Gasteiger charge is -1.99. The molecule has 0 aliphatic carbocycles. The fraction of sp³-hybridized carbons (Fsp3) is 0.200. The summed E-state index contributed by atoms with van der Waals surface area (Å²) in [5.41, 5.74) is 1.16. The highest BCUT2D eigenvalue weighted by Crippen LogP contribution is 2.09. The van der Waals surface area contributed by atoms with E-state index in [4.69, 9.17) is 10.5 Å². The van der Waals surface area contributed by atoms with Crippen LogP contribution in [0.25, 0.3) is 0 Å². The van der Waals surface area contributed by atoms with Crippen molar-refractivity contribution in [1.82, 2.24) is 5.27 Å². The molecule has 6 heteroatoms. The molecule has 86 valence electrons. The van der Waals surface area contributed by atoms with Gasteiger partial charge in [-0.05, 0) is 17.7 Å². The molecule has 1 heterocycles. The zero-order valence-corrected chi connectivity index (χ0v) is 9.28. The maximum Gasteiger partial charge on any atom is 0.264 e. The number of phenolic OH excluding ortho intramolecular Hbond substituents is 1. The summed E-state index contributed by atoms with van der Waals surface area (Å²) in [7, 11) is 0. The molecule has 0 radical (unpaired) electrons. The van der Waals surface area contributed by atoms with Gasteiger partial charge in [-0.25, -0.2) is 4.68 Å². The molecule has 0 bridgehead atoms. The molecular formula is C10H12ClN3O2. The molecule has 0 spiro atoms. The molecule has 5 nitrogen and oxygen atoms in total. The van der Waals surface area contributed by atoms with Crippen LogP contribution >= 0.6 is 12.4 Å². The number of aromatic nitrogens is 2. The Kier molecular flexibility index (Phi) is 4.13. The monoisotopic (exact) mass is 241 g/mol. The van der Waals surface area contributed by atoms with E-state index in [1.807, 2.05) is 12.1 Å². The van der Waals surface area contributed by atoms with E-state index >= 15 is 0 Å². The SMILES string of the molecule is Cl.N=c1c[n+](CCc2ccc(O)cc2)[n-]o1. The van der Waals surface area contributed by atoms with E-state index in [1.54, 1.807) is 16.8 Å². The highest BCUT2D eigenvalue weighted by atomic mass is 35.5. The second-order valence-electron chi connectivity index (χ2n) is 3.25. The van der Waals surface area contributed by atoms with Crippen LogP contribution in [-0.2, 0) is 13.0 Å². The molecule has 2 rings (SSSR count). The maximum atomic E-state index is 9.09. The van der Waals surface area contributed by atoms with Gasteiger partial charge >= 0.3 is 0 Å². The van der Waals surface area contributed by atoms with Crippen molar-refractivity contribution in [2.24, 2.45) is 0 Å². The van der Waals surface area contributed by atoms with Crippen molar-refractivity contribution in [2.75, 3.05) is 0 Å². The number of hydrogen-bond donors (Lipinski definition) is 2. The Bertz CT molecular complexity index is 489. The molecule has 1 aromatic carbocycles. The minimum absolute atomic E-state index is 0. The van der Waals surface area contributed by atoms with Crippen molar-refractivity contribution in [3.8, 4) is 5.75 Å². The minimum Gasteiger partial charge on any atom is -0.508 e. The van der Waals surface area contributed by atoms with E-state index < -0.39 is 0 Å². The molecule has 16 heavy (non-hydrogen) atoms. The van der Waals surface area contributed by atoms with Crippen molar-refractivity contribution < 1.29 is 14.3 Å². The Morgan fingerprint density at radius 3 is 2.56 bits per heavy atom. The second-order valence-corrected chi connectivity index (χ2v) is 3.25. The Morgan fingerprint density at radius 1 is 1.31 bits per heavy atom. The van der Waals surface area contributed by atoms with Gasteiger partial charge in [0.1, 0.15) is 12.3 Å². The van der Waals surface area contributed by atoms with E-state index in [9.17, 15) is 0 Å². The number of benzene rings is 1. The summed E-state index contributed by atoms with van der Waals surface area (Å²) >= 11 is 0. The fourth-order valence-corrected chi connectivity index (χ4v) is 1.29. The predicted molar refractivity (Wildman–Crippen MR) is 57.1 cm³/mol. The van der Waals surface area contributed by atoms with Gasteiger partial charge in [-0.3, -0.25) is 10.7 Å². The van der Waals surface area contributed by atoms with Crippen LogP contribution in [0.2, 0.25) is 0 Å². The van der Waals surface area contributed by atoms with Crippen LogP contribution in [0.5, 0.6) is 5.75 Å². The van der Waals surface area contributed by atoms with Gasteiger partial charge in [0.15, 0.2) is 0 Å². The van der Waals surface area contributed by atoms with E-state index in [1.165, 1.54) is 6.20 Å². The molecule has 0 aliphatic rings. The van der Waals surface area contributed by atoms with Crippen molar-refractivity contribution >= 4 is 12.4 Å². The van der Waals surface area contributed by atoms with E-state index in [0.717, 1.165) is 12.0 Å². The number of aryl methyl sites for hydroxylation is 2. The molecule has 1 aromatic heterocycles. The van der Waals surface area contributed by atoms with Gasteiger partial charge in [-0.2, -0.15) is 0 Å². The third kappa shape index (κ3) is 3.13. The third-order valence-corrected chi connectivity index (χ3v) is 2.08. The first-order chi connectivity index (χ1) is 7.24. The van der Waals surface area contributed by atoms with Crippen molar-refractivity contribution in [3.05, 3.63) is 41.6 Å². The standard InChI is InChI=1S/C10H11N3O2.ClH/c11-10-7-13(12-15-10)6-5-8-1-3-9(14)4-2-8;/h1-4,7,11,14H,5-6H2;1H. The molecule has 2 aromatic rings. The highest BCUT2D eigenvalue weighted by Gasteiger charge is 1.98. The van der Waals surface area contributed by atoms with Gasteiger partial charge in [0.25, 0.3) is 5.55 Å². The molecule has 0 amide bonds. The van der Waals surface area contributed by atoms with Gasteiger partial charge in [0.05, 0.1) is 0 Å². The van der Waals surface area contributed by atoms with Crippen molar-refractivity contribution in [3.63, 3.8) is 0 Å². The van der Waals surface area contributed by atoms with Crippen LogP contribution in [-0.4, -0.2) is 5.11 Å². The second kappa shape index (κ2) is 5.37. The molecule has 0 aliphatic heterocycles. The van der Waals surface area contributed by atoms with Crippen molar-refractivity contribution in [2.45, 2.75) is 13.0 Å². The van der Waals surface area contributed by atoms with Crippen molar-refractivity contribution in [1.29, 1.82) is 5.41 Å². The number of nitrogens with zero attached hydrogens (tertiary/aromatic N) is 2. The first kappa shape index (κ1) is 12.3. The quantitative estimate of drug-likeness (QED) is 0.763. The zero-order valence-electron chi connectivity index (χ0n) is 8.46. The number of phenols is 1. The fourth-order valence-electron chi connectivity index (χ4n) is 1.29. The van der Waals surface area contributed by atoms with Gasteiger partial charge in [-0.1, -0.05) is 12.1 Å². The van der Waals surface area contributed by atoms with Gasteiger partial charge in [0, 0.05) is 6.42 Å². The van der Waals surface area contributed by atoms with Crippen LogP contribution in [0.15, 0.2) is 35.0 Å². The number of nitrogens with one attached hydrogen (secondary N) is 1. The molecule has 0 fully saturated rings. The van der Waals surface area contributed by atoms with Crippen LogP contribution in [0.1, 0.15) is 5.56 Å². The maximum absolute atomic E-state index is 9.09. The van der Waals surface area contributed by atoms with E-state index in [0.29, 0.717) is 6.54 Å². The van der Waals surface area contributed by atoms with E-state index in [2.05, 4.69) is 9.79 Å². The third-order valence-electron chi connectivity index (χ3n) is 2.08. The predicted octanol–water partition coefficient (Wildman–Crippen LogP) is 0.374. The smallest absolute Gasteiger partial charge is 0.264 e. The number of rotatable bonds is 3. The number of halogens is 1. The normalized spacial score (nSPS) is 9.75. The lowest BCUT2D eigenvalue weighted by molar-refractivity contribution is -0.767. The summed E-state index contributed by atoms with van der Waals surface area (Å²) in [6, 6.07) is 7.02. The average Bonchev–Trinajstić information content (AvgIpc) is 2.64. The topological polar surface area (TPSA) is 75.2 Å². The lowest BCUT2D eigenvalue weighted by Crippen LogP contribution is -2.38. The average molecular weight is 242 g/mol. The summed E-state index contributed by atoms with van der Waals surface area (Å²) in [4.78, 5) is 0. The van der Waals surface area contributed by atoms with Crippen LogP contribution < -0.4 is 15.5 Å². The Morgan fingerprint density at radius 2 is 2.00 bits per heavy atom. The van der Waals surface area contributed by atoms with Crippen LogP contribution in [0, 0.1) is 5.41 Å². The Labute approximate surface area is 98.2 Å². The molecule has 0 atom stereocenters.